The number of hydrogen-bond acceptors (Lipinski definition) is 2. The molecular formula is C11H17NO2. The molecular weight excluding hydrogens is 178 g/mol. The first-order valence-electron chi connectivity index (χ1n) is 5.16. The fourth-order valence-electron chi connectivity index (χ4n) is 1.53. The smallest absolute Gasteiger partial charge is 0.250 e. The first-order valence-corrected chi connectivity index (χ1v) is 5.16. The summed E-state index contributed by atoms with van der Waals surface area (Å²) in [5, 5.41) is 2.81. The number of hydrogen-bond donors (Lipinski definition) is 1. The summed E-state index contributed by atoms with van der Waals surface area (Å²) >= 11 is 0. The minimum atomic E-state index is -0.275. The summed E-state index contributed by atoms with van der Waals surface area (Å²) < 4.78 is 5.26. The topological polar surface area (TPSA) is 38.3 Å². The van der Waals surface area contributed by atoms with Crippen molar-refractivity contribution in [2.45, 2.75) is 44.8 Å². The van der Waals surface area contributed by atoms with Crippen LogP contribution < -0.4 is 5.32 Å². The number of carbonyl (C=O) groups is 1. The molecule has 2 unspecified atom stereocenters. The van der Waals surface area contributed by atoms with Gasteiger partial charge in [0.1, 0.15) is 6.10 Å². The molecule has 1 rings (SSSR count). The van der Waals surface area contributed by atoms with Gasteiger partial charge in [0.2, 0.25) is 5.91 Å². The number of amides is 1. The van der Waals surface area contributed by atoms with Crippen LogP contribution in [0.4, 0.5) is 0 Å². The largest absolute Gasteiger partial charge is 0.368 e. The molecule has 1 saturated heterocycles. The van der Waals surface area contributed by atoms with E-state index in [0.717, 1.165) is 25.7 Å². The van der Waals surface area contributed by atoms with E-state index < -0.39 is 0 Å². The normalized spacial score (nSPS) is 22.7. The Morgan fingerprint density at radius 3 is 3.07 bits per heavy atom. The summed E-state index contributed by atoms with van der Waals surface area (Å²) in [4.78, 5) is 11.6. The molecule has 0 saturated carbocycles. The molecule has 2 atom stereocenters. The molecule has 0 spiro atoms. The van der Waals surface area contributed by atoms with Gasteiger partial charge in [0.25, 0.3) is 0 Å². The zero-order valence-electron chi connectivity index (χ0n) is 8.58. The Bertz CT molecular complexity index is 226. The molecule has 14 heavy (non-hydrogen) atoms. The van der Waals surface area contributed by atoms with E-state index in [-0.39, 0.29) is 18.1 Å². The van der Waals surface area contributed by atoms with Crippen molar-refractivity contribution in [1.29, 1.82) is 0 Å². The zero-order chi connectivity index (χ0) is 10.4. The van der Waals surface area contributed by atoms with Crippen LogP contribution in [0.2, 0.25) is 0 Å². The maximum absolute atomic E-state index is 11.6. The average molecular weight is 195 g/mol. The van der Waals surface area contributed by atoms with Gasteiger partial charge in [0.15, 0.2) is 0 Å². The Morgan fingerprint density at radius 2 is 2.57 bits per heavy atom. The van der Waals surface area contributed by atoms with Crippen molar-refractivity contribution >= 4 is 5.91 Å². The number of rotatable bonds is 4. The van der Waals surface area contributed by atoms with Gasteiger partial charge >= 0.3 is 0 Å². The van der Waals surface area contributed by atoms with E-state index in [0.29, 0.717) is 6.61 Å². The van der Waals surface area contributed by atoms with Gasteiger partial charge in [-0.05, 0) is 19.3 Å². The highest BCUT2D eigenvalue weighted by Crippen LogP contribution is 2.12. The van der Waals surface area contributed by atoms with Gasteiger partial charge in [-0.25, -0.2) is 0 Å². The molecule has 0 bridgehead atoms. The lowest BCUT2D eigenvalue weighted by atomic mass is 10.1. The van der Waals surface area contributed by atoms with Crippen molar-refractivity contribution < 1.29 is 9.53 Å². The van der Waals surface area contributed by atoms with Gasteiger partial charge in [-0.15, -0.1) is 6.42 Å². The lowest BCUT2D eigenvalue weighted by Crippen LogP contribution is -2.40. The molecule has 78 valence electrons. The first kappa shape index (κ1) is 11.1. The second kappa shape index (κ2) is 5.66. The second-order valence-corrected chi connectivity index (χ2v) is 3.52. The molecule has 0 aliphatic carbocycles. The van der Waals surface area contributed by atoms with Crippen LogP contribution in [0.3, 0.4) is 0 Å². The predicted molar refractivity (Wildman–Crippen MR) is 54.6 cm³/mol. The maximum Gasteiger partial charge on any atom is 0.250 e. The monoisotopic (exact) mass is 195 g/mol. The molecule has 3 heteroatoms. The van der Waals surface area contributed by atoms with Crippen LogP contribution in [0.15, 0.2) is 0 Å². The molecule has 1 aliphatic rings. The summed E-state index contributed by atoms with van der Waals surface area (Å²) in [6, 6.07) is -0.142. The first-order chi connectivity index (χ1) is 6.77. The maximum atomic E-state index is 11.6. The SMILES string of the molecule is C#CC(CCC)NC(=O)C1CCCO1. The van der Waals surface area contributed by atoms with Gasteiger partial charge in [-0.2, -0.15) is 0 Å². The summed E-state index contributed by atoms with van der Waals surface area (Å²) in [5.41, 5.74) is 0. The van der Waals surface area contributed by atoms with Crippen LogP contribution in [-0.4, -0.2) is 24.7 Å². The van der Waals surface area contributed by atoms with Gasteiger partial charge in [0.05, 0.1) is 6.04 Å². The third-order valence-electron chi connectivity index (χ3n) is 2.32. The molecule has 1 fully saturated rings. The Hall–Kier alpha value is -1.01. The molecule has 0 aromatic heterocycles. The molecule has 1 aliphatic heterocycles. The summed E-state index contributed by atoms with van der Waals surface area (Å²) in [6.07, 6.45) is 8.61. The molecule has 3 nitrogen and oxygen atoms in total. The van der Waals surface area contributed by atoms with Crippen molar-refractivity contribution in [2.75, 3.05) is 6.61 Å². The third kappa shape index (κ3) is 3.04. The zero-order valence-corrected chi connectivity index (χ0v) is 8.58. The number of ether oxygens (including phenoxy) is 1. The standard InChI is InChI=1S/C11H17NO2/c1-3-6-9(4-2)12-11(13)10-7-5-8-14-10/h2,9-10H,3,5-8H2,1H3,(H,12,13). The highest BCUT2D eigenvalue weighted by molar-refractivity contribution is 5.81. The van der Waals surface area contributed by atoms with Crippen molar-refractivity contribution in [3.8, 4) is 12.3 Å². The van der Waals surface area contributed by atoms with Crippen LogP contribution in [0, 0.1) is 12.3 Å². The Kier molecular flexibility index (Phi) is 4.48. The summed E-state index contributed by atoms with van der Waals surface area (Å²) in [5.74, 6) is 2.51. The van der Waals surface area contributed by atoms with Crippen molar-refractivity contribution in [1.82, 2.24) is 5.32 Å². The second-order valence-electron chi connectivity index (χ2n) is 3.52. The van der Waals surface area contributed by atoms with Crippen LogP contribution in [0.1, 0.15) is 32.6 Å². The molecule has 0 aromatic rings. The predicted octanol–water partition coefficient (Wildman–Crippen LogP) is 1.08. The van der Waals surface area contributed by atoms with E-state index in [9.17, 15) is 4.79 Å². The van der Waals surface area contributed by atoms with Crippen LogP contribution in [-0.2, 0) is 9.53 Å². The fourth-order valence-corrected chi connectivity index (χ4v) is 1.53. The summed E-state index contributed by atoms with van der Waals surface area (Å²) in [6.45, 7) is 2.73. The molecule has 1 heterocycles. The lowest BCUT2D eigenvalue weighted by molar-refractivity contribution is -0.130. The minimum absolute atomic E-state index is 0.0566. The van der Waals surface area contributed by atoms with Gasteiger partial charge < -0.3 is 10.1 Å². The number of carbonyl (C=O) groups excluding carboxylic acids is 1. The van der Waals surface area contributed by atoms with Gasteiger partial charge in [-0.1, -0.05) is 19.3 Å². The quantitative estimate of drug-likeness (QED) is 0.682. The van der Waals surface area contributed by atoms with E-state index >= 15 is 0 Å². The highest BCUT2D eigenvalue weighted by atomic mass is 16.5. The van der Waals surface area contributed by atoms with E-state index in [4.69, 9.17) is 11.2 Å². The molecule has 0 aromatic carbocycles. The average Bonchev–Trinajstić information content (AvgIpc) is 2.69. The van der Waals surface area contributed by atoms with Crippen molar-refractivity contribution in [3.63, 3.8) is 0 Å². The Balaban J connectivity index is 2.34. The van der Waals surface area contributed by atoms with E-state index in [1.807, 2.05) is 6.92 Å². The van der Waals surface area contributed by atoms with Crippen LogP contribution >= 0.6 is 0 Å². The van der Waals surface area contributed by atoms with Crippen LogP contribution in [0.5, 0.6) is 0 Å². The van der Waals surface area contributed by atoms with Gasteiger partial charge in [-0.3, -0.25) is 4.79 Å². The van der Waals surface area contributed by atoms with E-state index in [2.05, 4.69) is 11.2 Å². The number of nitrogens with one attached hydrogen (secondary N) is 1. The van der Waals surface area contributed by atoms with Crippen molar-refractivity contribution in [2.24, 2.45) is 0 Å². The van der Waals surface area contributed by atoms with Gasteiger partial charge in [0, 0.05) is 6.61 Å². The van der Waals surface area contributed by atoms with E-state index in [1.54, 1.807) is 0 Å². The van der Waals surface area contributed by atoms with Crippen LogP contribution in [0.25, 0.3) is 0 Å². The highest BCUT2D eigenvalue weighted by Gasteiger charge is 2.24. The van der Waals surface area contributed by atoms with E-state index in [1.165, 1.54) is 0 Å². The Morgan fingerprint density at radius 1 is 1.79 bits per heavy atom. The lowest BCUT2D eigenvalue weighted by Gasteiger charge is -2.15. The summed E-state index contributed by atoms with van der Waals surface area (Å²) in [7, 11) is 0. The molecule has 1 amide bonds. The number of terminal acetylenes is 1. The molecule has 0 radical (unpaired) electrons. The Labute approximate surface area is 85.2 Å². The minimum Gasteiger partial charge on any atom is -0.368 e. The fraction of sp³-hybridized carbons (Fsp3) is 0.727. The van der Waals surface area contributed by atoms with Crippen molar-refractivity contribution in [3.05, 3.63) is 0 Å². The molecule has 1 N–H and O–H groups in total. The third-order valence-corrected chi connectivity index (χ3v) is 2.32.